The van der Waals surface area contributed by atoms with Crippen molar-refractivity contribution in [2.75, 3.05) is 6.54 Å². The molecule has 0 aliphatic carbocycles. The first-order valence-electron chi connectivity index (χ1n) is 6.46. The topological polar surface area (TPSA) is 49.3 Å². The average Bonchev–Trinajstić information content (AvgIpc) is 2.77. The van der Waals surface area contributed by atoms with Gasteiger partial charge in [-0.15, -0.1) is 0 Å². The van der Waals surface area contributed by atoms with Crippen LogP contribution < -0.4 is 5.32 Å². The number of aliphatic hydroxyl groups is 1. The second-order valence-electron chi connectivity index (χ2n) is 5.32. The van der Waals surface area contributed by atoms with Crippen LogP contribution in [0.1, 0.15) is 45.3 Å². The summed E-state index contributed by atoms with van der Waals surface area (Å²) < 4.78 is 0. The summed E-state index contributed by atoms with van der Waals surface area (Å²) >= 11 is 1.55. The van der Waals surface area contributed by atoms with E-state index in [2.05, 4.69) is 26.1 Å². The molecule has 0 fully saturated rings. The van der Waals surface area contributed by atoms with Crippen LogP contribution in [0.5, 0.6) is 0 Å². The fourth-order valence-corrected chi connectivity index (χ4v) is 2.78. The number of hydrogen-bond acceptors (Lipinski definition) is 3. The Labute approximate surface area is 113 Å². The maximum absolute atomic E-state index is 11.7. The molecule has 0 aromatic carbocycles. The van der Waals surface area contributed by atoms with Crippen molar-refractivity contribution in [2.24, 2.45) is 11.8 Å². The molecular formula is C14H23NO2S. The minimum absolute atomic E-state index is 0.0254. The molecule has 1 aromatic rings. The van der Waals surface area contributed by atoms with Crippen molar-refractivity contribution in [3.05, 3.63) is 22.4 Å². The molecule has 3 nitrogen and oxygen atoms in total. The lowest BCUT2D eigenvalue weighted by Gasteiger charge is -2.15. The van der Waals surface area contributed by atoms with Crippen LogP contribution in [0.4, 0.5) is 0 Å². The number of hydrogen-bond donors (Lipinski definition) is 2. The largest absolute Gasteiger partial charge is 0.387 e. The quantitative estimate of drug-likeness (QED) is 0.799. The van der Waals surface area contributed by atoms with Crippen LogP contribution >= 0.6 is 11.3 Å². The van der Waals surface area contributed by atoms with Gasteiger partial charge < -0.3 is 10.4 Å². The van der Waals surface area contributed by atoms with Gasteiger partial charge in [0.25, 0.3) is 0 Å². The highest BCUT2D eigenvalue weighted by Crippen LogP contribution is 2.16. The van der Waals surface area contributed by atoms with Gasteiger partial charge in [-0.3, -0.25) is 4.79 Å². The van der Waals surface area contributed by atoms with E-state index in [-0.39, 0.29) is 5.91 Å². The molecule has 2 atom stereocenters. The van der Waals surface area contributed by atoms with Gasteiger partial charge in [-0.2, -0.15) is 11.3 Å². The van der Waals surface area contributed by atoms with Gasteiger partial charge in [-0.05, 0) is 40.6 Å². The molecule has 18 heavy (non-hydrogen) atoms. The summed E-state index contributed by atoms with van der Waals surface area (Å²) in [5.41, 5.74) is 0.871. The molecule has 1 heterocycles. The third-order valence-corrected chi connectivity index (χ3v) is 3.53. The number of nitrogens with one attached hydrogen (secondary N) is 1. The third-order valence-electron chi connectivity index (χ3n) is 2.83. The van der Waals surface area contributed by atoms with E-state index >= 15 is 0 Å². The molecule has 0 saturated heterocycles. The number of rotatable bonds is 7. The lowest BCUT2D eigenvalue weighted by Crippen LogP contribution is -2.29. The maximum atomic E-state index is 11.7. The number of carbonyl (C=O) groups is 1. The Balaban J connectivity index is 2.24. The van der Waals surface area contributed by atoms with Crippen molar-refractivity contribution >= 4 is 17.2 Å². The van der Waals surface area contributed by atoms with Gasteiger partial charge in [0.1, 0.15) is 0 Å². The first-order valence-corrected chi connectivity index (χ1v) is 7.40. The van der Waals surface area contributed by atoms with E-state index in [1.54, 1.807) is 11.3 Å². The highest BCUT2D eigenvalue weighted by molar-refractivity contribution is 7.07. The second kappa shape index (κ2) is 7.54. The molecule has 2 unspecified atom stereocenters. The third kappa shape index (κ3) is 5.65. The highest BCUT2D eigenvalue weighted by Gasteiger charge is 2.13. The number of amides is 1. The maximum Gasteiger partial charge on any atom is 0.220 e. The Morgan fingerprint density at radius 2 is 2.17 bits per heavy atom. The van der Waals surface area contributed by atoms with Crippen molar-refractivity contribution in [2.45, 2.75) is 39.7 Å². The summed E-state index contributed by atoms with van der Waals surface area (Å²) in [4.78, 5) is 11.7. The van der Waals surface area contributed by atoms with Crippen LogP contribution in [-0.4, -0.2) is 17.6 Å². The Morgan fingerprint density at radius 1 is 1.44 bits per heavy atom. The van der Waals surface area contributed by atoms with Crippen molar-refractivity contribution in [1.29, 1.82) is 0 Å². The summed E-state index contributed by atoms with van der Waals surface area (Å²) in [5.74, 6) is 1.03. The van der Waals surface area contributed by atoms with Crippen molar-refractivity contribution < 1.29 is 9.90 Å². The van der Waals surface area contributed by atoms with E-state index in [1.165, 1.54) is 0 Å². The van der Waals surface area contributed by atoms with Crippen LogP contribution in [0.2, 0.25) is 0 Å². The van der Waals surface area contributed by atoms with E-state index in [9.17, 15) is 9.90 Å². The summed E-state index contributed by atoms with van der Waals surface area (Å²) in [6.07, 6.45) is 0.996. The lowest BCUT2D eigenvalue weighted by molar-refractivity contribution is -0.122. The number of carbonyl (C=O) groups excluding carboxylic acids is 1. The predicted molar refractivity (Wildman–Crippen MR) is 75.5 cm³/mol. The van der Waals surface area contributed by atoms with E-state index < -0.39 is 6.10 Å². The zero-order valence-electron chi connectivity index (χ0n) is 11.3. The molecule has 1 rings (SSSR count). The lowest BCUT2D eigenvalue weighted by atomic mass is 9.96. The minimum atomic E-state index is -0.597. The van der Waals surface area contributed by atoms with E-state index in [4.69, 9.17) is 0 Å². The second-order valence-corrected chi connectivity index (χ2v) is 6.10. The van der Waals surface area contributed by atoms with Crippen LogP contribution in [0, 0.1) is 11.8 Å². The molecule has 0 aliphatic rings. The summed E-state index contributed by atoms with van der Waals surface area (Å²) in [7, 11) is 0. The zero-order valence-corrected chi connectivity index (χ0v) is 12.2. The fraction of sp³-hybridized carbons (Fsp3) is 0.643. The predicted octanol–water partition coefficient (Wildman–Crippen LogP) is 2.97. The van der Waals surface area contributed by atoms with Gasteiger partial charge in [0.05, 0.1) is 6.10 Å². The van der Waals surface area contributed by atoms with Crippen molar-refractivity contribution in [3.8, 4) is 0 Å². The summed E-state index contributed by atoms with van der Waals surface area (Å²) in [6, 6.07) is 1.88. The average molecular weight is 269 g/mol. The Morgan fingerprint density at radius 3 is 2.72 bits per heavy atom. The summed E-state index contributed by atoms with van der Waals surface area (Å²) in [6.45, 7) is 6.71. The van der Waals surface area contributed by atoms with Gasteiger partial charge in [-0.25, -0.2) is 0 Å². The Hall–Kier alpha value is -0.870. The molecule has 0 radical (unpaired) electrons. The van der Waals surface area contributed by atoms with Crippen molar-refractivity contribution in [3.63, 3.8) is 0 Å². The van der Waals surface area contributed by atoms with E-state index in [0.29, 0.717) is 24.8 Å². The molecule has 1 aromatic heterocycles. The first-order chi connectivity index (χ1) is 8.49. The Kier molecular flexibility index (Phi) is 6.36. The van der Waals surface area contributed by atoms with Gasteiger partial charge in [0.15, 0.2) is 0 Å². The molecule has 2 N–H and O–H groups in total. The van der Waals surface area contributed by atoms with Crippen LogP contribution in [0.25, 0.3) is 0 Å². The summed E-state index contributed by atoms with van der Waals surface area (Å²) in [5, 5.41) is 16.4. The van der Waals surface area contributed by atoms with Crippen LogP contribution in [0.3, 0.4) is 0 Å². The van der Waals surface area contributed by atoms with Gasteiger partial charge >= 0.3 is 0 Å². The monoisotopic (exact) mass is 269 g/mol. The van der Waals surface area contributed by atoms with Crippen LogP contribution in [-0.2, 0) is 4.79 Å². The zero-order chi connectivity index (χ0) is 13.5. The standard InChI is InChI=1S/C14H23NO2S/c1-10(2)6-11(3)7-14(17)15-8-13(16)12-4-5-18-9-12/h4-5,9-11,13,16H,6-8H2,1-3H3,(H,15,17). The molecular weight excluding hydrogens is 246 g/mol. The molecule has 0 bridgehead atoms. The fourth-order valence-electron chi connectivity index (χ4n) is 2.07. The smallest absolute Gasteiger partial charge is 0.220 e. The molecule has 0 saturated carbocycles. The van der Waals surface area contributed by atoms with Gasteiger partial charge in [0, 0.05) is 13.0 Å². The number of aliphatic hydroxyl groups excluding tert-OH is 1. The molecule has 1 amide bonds. The first kappa shape index (κ1) is 15.2. The molecule has 102 valence electrons. The van der Waals surface area contributed by atoms with Gasteiger partial charge in [-0.1, -0.05) is 20.8 Å². The molecule has 0 aliphatic heterocycles. The Bertz CT molecular complexity index is 349. The normalized spacial score (nSPS) is 14.5. The van der Waals surface area contributed by atoms with Gasteiger partial charge in [0.2, 0.25) is 5.91 Å². The van der Waals surface area contributed by atoms with E-state index in [1.807, 2.05) is 16.8 Å². The highest BCUT2D eigenvalue weighted by atomic mass is 32.1. The molecule has 0 spiro atoms. The van der Waals surface area contributed by atoms with E-state index in [0.717, 1.165) is 12.0 Å². The number of thiophene rings is 1. The SMILES string of the molecule is CC(C)CC(C)CC(=O)NCC(O)c1ccsc1. The molecule has 4 heteroatoms. The van der Waals surface area contributed by atoms with Crippen LogP contribution in [0.15, 0.2) is 16.8 Å². The minimum Gasteiger partial charge on any atom is -0.387 e. The van der Waals surface area contributed by atoms with Crippen molar-refractivity contribution in [1.82, 2.24) is 5.32 Å².